The SMILES string of the molecule is COC1CC(n2c(=O)n(C)c3cnc4cc(F)c(-c5ccc(N6CCC(N(C)C)CC6)nc5)cc4c32)C1. The number of aromatic nitrogens is 4. The van der Waals surface area contributed by atoms with Gasteiger partial charge in [-0.25, -0.2) is 14.2 Å². The molecule has 2 aliphatic rings. The summed E-state index contributed by atoms with van der Waals surface area (Å²) in [6, 6.07) is 7.85. The first-order valence-corrected chi connectivity index (χ1v) is 13.0. The fourth-order valence-corrected chi connectivity index (χ4v) is 5.89. The molecule has 1 aliphatic carbocycles. The van der Waals surface area contributed by atoms with Crippen LogP contribution in [-0.4, -0.2) is 70.4 Å². The fourth-order valence-electron chi connectivity index (χ4n) is 5.89. The van der Waals surface area contributed by atoms with E-state index in [1.165, 1.54) is 6.07 Å². The number of ether oxygens (including phenoxy) is 1. The molecule has 1 aromatic carbocycles. The van der Waals surface area contributed by atoms with Gasteiger partial charge in [0.25, 0.3) is 0 Å². The number of benzene rings is 1. The third-order valence-corrected chi connectivity index (χ3v) is 8.35. The predicted octanol–water partition coefficient (Wildman–Crippen LogP) is 3.97. The number of fused-ring (bicyclic) bond motifs is 3. The Labute approximate surface area is 215 Å². The molecule has 9 heteroatoms. The summed E-state index contributed by atoms with van der Waals surface area (Å²) in [6.07, 6.45) is 7.34. The molecular weight excluding hydrogens is 471 g/mol. The van der Waals surface area contributed by atoms with Crippen LogP contribution in [0, 0.1) is 5.82 Å². The monoisotopic (exact) mass is 504 g/mol. The van der Waals surface area contributed by atoms with E-state index in [9.17, 15) is 4.79 Å². The Morgan fingerprint density at radius 1 is 1.08 bits per heavy atom. The third-order valence-electron chi connectivity index (χ3n) is 8.35. The van der Waals surface area contributed by atoms with Gasteiger partial charge >= 0.3 is 5.69 Å². The number of imidazole rings is 1. The standard InChI is InChI=1S/C28H33FN6O2/c1-32(2)18-7-9-34(10-8-18)26-6-5-17(15-31-26)21-13-22-24(14-23(21)29)30-16-25-27(22)35(28(36)33(25)3)19-11-20(12-19)37-4/h5-6,13-16,18-20H,7-12H2,1-4H3. The highest BCUT2D eigenvalue weighted by Gasteiger charge is 2.34. The van der Waals surface area contributed by atoms with Crippen molar-refractivity contribution in [2.75, 3.05) is 39.2 Å². The molecule has 0 unspecified atom stereocenters. The number of anilines is 1. The van der Waals surface area contributed by atoms with E-state index in [0.717, 1.165) is 61.0 Å². The fraction of sp³-hybridized carbons (Fsp3) is 0.464. The van der Waals surface area contributed by atoms with Crippen molar-refractivity contribution in [3.05, 3.63) is 53.0 Å². The Hall–Kier alpha value is -3.30. The summed E-state index contributed by atoms with van der Waals surface area (Å²) in [7, 11) is 7.72. The molecule has 0 radical (unpaired) electrons. The van der Waals surface area contributed by atoms with E-state index in [4.69, 9.17) is 9.72 Å². The summed E-state index contributed by atoms with van der Waals surface area (Å²) in [6.45, 7) is 1.92. The van der Waals surface area contributed by atoms with Gasteiger partial charge in [-0.2, -0.15) is 0 Å². The zero-order valence-electron chi connectivity index (χ0n) is 21.8. The van der Waals surface area contributed by atoms with Crippen LogP contribution in [0.4, 0.5) is 10.2 Å². The van der Waals surface area contributed by atoms with Crippen LogP contribution in [0.2, 0.25) is 0 Å². The lowest BCUT2D eigenvalue weighted by Crippen LogP contribution is -2.42. The van der Waals surface area contributed by atoms with Gasteiger partial charge in [0.1, 0.15) is 11.6 Å². The maximum absolute atomic E-state index is 15.3. The minimum Gasteiger partial charge on any atom is -0.381 e. The van der Waals surface area contributed by atoms with E-state index < -0.39 is 0 Å². The van der Waals surface area contributed by atoms with Crippen molar-refractivity contribution in [3.8, 4) is 11.1 Å². The lowest BCUT2D eigenvalue weighted by molar-refractivity contribution is 0.00635. The number of nitrogens with zero attached hydrogens (tertiary/aromatic N) is 6. The molecule has 0 N–H and O–H groups in total. The maximum atomic E-state index is 15.3. The summed E-state index contributed by atoms with van der Waals surface area (Å²) in [5.74, 6) is 0.564. The molecule has 0 atom stereocenters. The van der Waals surface area contributed by atoms with Crippen LogP contribution < -0.4 is 10.6 Å². The number of hydrogen-bond donors (Lipinski definition) is 0. The molecule has 3 aromatic heterocycles. The number of pyridine rings is 2. The Balaban J connectivity index is 1.38. The minimum atomic E-state index is -0.353. The van der Waals surface area contributed by atoms with Crippen molar-refractivity contribution in [2.45, 2.75) is 43.9 Å². The Kier molecular flexibility index (Phi) is 6.00. The summed E-state index contributed by atoms with van der Waals surface area (Å²) < 4.78 is 24.2. The normalized spacial score (nSPS) is 20.8. The van der Waals surface area contributed by atoms with E-state index in [2.05, 4.69) is 28.9 Å². The van der Waals surface area contributed by atoms with Crippen LogP contribution in [0.25, 0.3) is 33.1 Å². The minimum absolute atomic E-state index is 0.0536. The second kappa shape index (κ2) is 9.22. The largest absolute Gasteiger partial charge is 0.381 e. The maximum Gasteiger partial charge on any atom is 0.329 e. The molecule has 0 spiro atoms. The highest BCUT2D eigenvalue weighted by molar-refractivity contribution is 6.04. The number of rotatable bonds is 5. The van der Waals surface area contributed by atoms with Crippen molar-refractivity contribution in [3.63, 3.8) is 0 Å². The summed E-state index contributed by atoms with van der Waals surface area (Å²) in [5.41, 5.74) is 3.15. The number of methoxy groups -OCH3 is 1. The van der Waals surface area contributed by atoms with Crippen LogP contribution in [0.1, 0.15) is 31.7 Å². The van der Waals surface area contributed by atoms with Gasteiger partial charge in [-0.15, -0.1) is 0 Å². The van der Waals surface area contributed by atoms with E-state index in [1.807, 2.05) is 22.8 Å². The van der Waals surface area contributed by atoms with E-state index in [0.29, 0.717) is 22.7 Å². The number of halogens is 1. The van der Waals surface area contributed by atoms with Gasteiger partial charge in [0.15, 0.2) is 0 Å². The van der Waals surface area contributed by atoms with Crippen LogP contribution in [0.5, 0.6) is 0 Å². The highest BCUT2D eigenvalue weighted by Crippen LogP contribution is 2.38. The van der Waals surface area contributed by atoms with E-state index >= 15 is 4.39 Å². The molecule has 6 rings (SSSR count). The van der Waals surface area contributed by atoms with Crippen molar-refractivity contribution >= 4 is 27.8 Å². The van der Waals surface area contributed by atoms with Gasteiger partial charge in [-0.1, -0.05) is 0 Å². The topological polar surface area (TPSA) is 68.4 Å². The molecule has 1 saturated heterocycles. The van der Waals surface area contributed by atoms with Crippen LogP contribution >= 0.6 is 0 Å². The highest BCUT2D eigenvalue weighted by atomic mass is 19.1. The molecular formula is C28H33FN6O2. The summed E-state index contributed by atoms with van der Waals surface area (Å²) in [5, 5.41) is 0.766. The smallest absolute Gasteiger partial charge is 0.329 e. The Morgan fingerprint density at radius 2 is 1.84 bits per heavy atom. The van der Waals surface area contributed by atoms with Gasteiger partial charge in [0.05, 0.1) is 28.9 Å². The van der Waals surface area contributed by atoms with E-state index in [-0.39, 0.29) is 23.7 Å². The molecule has 4 heterocycles. The number of piperidine rings is 1. The molecule has 2 fully saturated rings. The first kappa shape index (κ1) is 24.1. The number of hydrogen-bond acceptors (Lipinski definition) is 6. The number of aryl methyl sites for hydroxylation is 1. The first-order chi connectivity index (χ1) is 17.9. The van der Waals surface area contributed by atoms with Crippen molar-refractivity contribution in [2.24, 2.45) is 7.05 Å². The molecule has 194 valence electrons. The van der Waals surface area contributed by atoms with Crippen molar-refractivity contribution < 1.29 is 9.13 Å². The molecule has 8 nitrogen and oxygen atoms in total. The molecule has 4 aromatic rings. The second-order valence-electron chi connectivity index (χ2n) is 10.6. The molecule has 37 heavy (non-hydrogen) atoms. The molecule has 0 amide bonds. The van der Waals surface area contributed by atoms with Crippen LogP contribution in [-0.2, 0) is 11.8 Å². The van der Waals surface area contributed by atoms with Gasteiger partial charge in [0, 0.05) is 68.1 Å². The molecule has 1 aliphatic heterocycles. The van der Waals surface area contributed by atoms with Crippen LogP contribution in [0.3, 0.4) is 0 Å². The first-order valence-electron chi connectivity index (χ1n) is 13.0. The van der Waals surface area contributed by atoms with Gasteiger partial charge in [-0.05, 0) is 58.0 Å². The van der Waals surface area contributed by atoms with Gasteiger partial charge in [-0.3, -0.25) is 14.1 Å². The van der Waals surface area contributed by atoms with Crippen LogP contribution in [0.15, 0.2) is 41.5 Å². The Bertz CT molecular complexity index is 1510. The lowest BCUT2D eigenvalue weighted by atomic mass is 9.89. The summed E-state index contributed by atoms with van der Waals surface area (Å²) >= 11 is 0. The quantitative estimate of drug-likeness (QED) is 0.410. The summed E-state index contributed by atoms with van der Waals surface area (Å²) in [4.78, 5) is 27.0. The Morgan fingerprint density at radius 3 is 2.49 bits per heavy atom. The zero-order chi connectivity index (χ0) is 25.8. The lowest BCUT2D eigenvalue weighted by Gasteiger charge is -2.35. The molecule has 0 bridgehead atoms. The second-order valence-corrected chi connectivity index (χ2v) is 10.6. The predicted molar refractivity (Wildman–Crippen MR) is 144 cm³/mol. The third kappa shape index (κ3) is 4.01. The molecule has 1 saturated carbocycles. The van der Waals surface area contributed by atoms with E-state index in [1.54, 1.807) is 31.1 Å². The van der Waals surface area contributed by atoms with Gasteiger partial charge < -0.3 is 14.5 Å². The average Bonchev–Trinajstić information content (AvgIpc) is 3.13. The van der Waals surface area contributed by atoms with Gasteiger partial charge in [0.2, 0.25) is 0 Å². The van der Waals surface area contributed by atoms with Crippen molar-refractivity contribution in [1.82, 2.24) is 24.0 Å². The average molecular weight is 505 g/mol. The zero-order valence-corrected chi connectivity index (χ0v) is 21.8. The van der Waals surface area contributed by atoms with Crippen molar-refractivity contribution in [1.29, 1.82) is 0 Å².